The number of piperidine rings is 1. The molecule has 2 rings (SSSR count). The molecule has 0 aliphatic carbocycles. The summed E-state index contributed by atoms with van der Waals surface area (Å²) in [5.41, 5.74) is -0.257. The summed E-state index contributed by atoms with van der Waals surface area (Å²) in [4.78, 5) is 16.7. The quantitative estimate of drug-likeness (QED) is 0.794. The molecular weight excluding hydrogens is 266 g/mol. The molecule has 0 radical (unpaired) electrons. The van der Waals surface area contributed by atoms with E-state index in [1.807, 2.05) is 11.8 Å². The summed E-state index contributed by atoms with van der Waals surface area (Å²) in [5.74, 6) is 0.172. The molecule has 2 aliphatic heterocycles. The highest BCUT2D eigenvalue weighted by Gasteiger charge is 2.33. The fourth-order valence-electron chi connectivity index (χ4n) is 3.02. The van der Waals surface area contributed by atoms with Crippen molar-refractivity contribution in [3.63, 3.8) is 0 Å². The Morgan fingerprint density at radius 3 is 2.62 bits per heavy atom. The molecule has 1 amide bonds. The van der Waals surface area contributed by atoms with Gasteiger partial charge < -0.3 is 9.64 Å². The molecule has 0 saturated carbocycles. The Kier molecular flexibility index (Phi) is 5.23. The van der Waals surface area contributed by atoms with Crippen molar-refractivity contribution in [3.8, 4) is 6.07 Å². The number of amides is 1. The summed E-state index contributed by atoms with van der Waals surface area (Å²) in [6, 6.07) is 2.87. The zero-order chi connectivity index (χ0) is 15.5. The molecule has 0 spiro atoms. The van der Waals surface area contributed by atoms with Crippen molar-refractivity contribution in [2.75, 3.05) is 32.8 Å². The van der Waals surface area contributed by atoms with Crippen LogP contribution in [0.2, 0.25) is 0 Å². The van der Waals surface area contributed by atoms with E-state index in [1.165, 1.54) is 0 Å². The average Bonchev–Trinajstić information content (AvgIpc) is 2.48. The third-order valence-corrected chi connectivity index (χ3v) is 4.79. The zero-order valence-electron chi connectivity index (χ0n) is 13.5. The molecule has 2 fully saturated rings. The van der Waals surface area contributed by atoms with Crippen LogP contribution in [-0.4, -0.2) is 60.6 Å². The number of ether oxygens (including phenoxy) is 1. The van der Waals surface area contributed by atoms with Crippen LogP contribution in [0.5, 0.6) is 0 Å². The largest absolute Gasteiger partial charge is 0.375 e. The van der Waals surface area contributed by atoms with Crippen LogP contribution in [-0.2, 0) is 9.53 Å². The van der Waals surface area contributed by atoms with Crippen LogP contribution in [0.4, 0.5) is 0 Å². The van der Waals surface area contributed by atoms with E-state index < -0.39 is 0 Å². The Morgan fingerprint density at radius 1 is 1.38 bits per heavy atom. The van der Waals surface area contributed by atoms with E-state index in [1.54, 1.807) is 0 Å². The monoisotopic (exact) mass is 293 g/mol. The van der Waals surface area contributed by atoms with E-state index in [2.05, 4.69) is 24.8 Å². The molecule has 2 saturated heterocycles. The lowest BCUT2D eigenvalue weighted by Gasteiger charge is -2.38. The molecule has 0 bridgehead atoms. The Labute approximate surface area is 127 Å². The van der Waals surface area contributed by atoms with Gasteiger partial charge in [-0.25, -0.2) is 0 Å². The Hall–Kier alpha value is -1.12. The lowest BCUT2D eigenvalue weighted by atomic mass is 9.82. The van der Waals surface area contributed by atoms with Gasteiger partial charge >= 0.3 is 0 Å². The summed E-state index contributed by atoms with van der Waals surface area (Å²) >= 11 is 0. The second kappa shape index (κ2) is 6.76. The first-order chi connectivity index (χ1) is 9.93. The van der Waals surface area contributed by atoms with E-state index in [4.69, 9.17) is 10.00 Å². The van der Waals surface area contributed by atoms with Crippen molar-refractivity contribution >= 4 is 5.91 Å². The fourth-order valence-corrected chi connectivity index (χ4v) is 3.02. The fraction of sp³-hybridized carbons (Fsp3) is 0.875. The van der Waals surface area contributed by atoms with Crippen molar-refractivity contribution in [2.45, 2.75) is 52.2 Å². The van der Waals surface area contributed by atoms with Crippen LogP contribution in [0.1, 0.15) is 40.0 Å². The molecule has 5 heteroatoms. The maximum atomic E-state index is 12.4. The van der Waals surface area contributed by atoms with Gasteiger partial charge in [0.15, 0.2) is 0 Å². The van der Waals surface area contributed by atoms with Gasteiger partial charge in [-0.2, -0.15) is 5.26 Å². The van der Waals surface area contributed by atoms with Crippen molar-refractivity contribution < 1.29 is 9.53 Å². The number of morpholine rings is 1. The lowest BCUT2D eigenvalue weighted by Crippen LogP contribution is -2.48. The molecule has 118 valence electrons. The van der Waals surface area contributed by atoms with Crippen LogP contribution in [0.25, 0.3) is 0 Å². The number of carbonyl (C=O) groups excluding carboxylic acids is 1. The van der Waals surface area contributed by atoms with E-state index in [0.717, 1.165) is 25.9 Å². The molecule has 1 unspecified atom stereocenters. The molecule has 0 aromatic heterocycles. The second-order valence-corrected chi connectivity index (χ2v) is 6.84. The first-order valence-electron chi connectivity index (χ1n) is 7.98. The van der Waals surface area contributed by atoms with Crippen molar-refractivity contribution in [3.05, 3.63) is 0 Å². The van der Waals surface area contributed by atoms with E-state index in [-0.39, 0.29) is 17.4 Å². The van der Waals surface area contributed by atoms with Crippen molar-refractivity contribution in [1.29, 1.82) is 5.26 Å². The van der Waals surface area contributed by atoms with Crippen LogP contribution in [0.15, 0.2) is 0 Å². The normalized spacial score (nSPS) is 26.6. The van der Waals surface area contributed by atoms with Crippen LogP contribution in [0, 0.1) is 16.7 Å². The average molecular weight is 293 g/mol. The topological polar surface area (TPSA) is 56.6 Å². The number of hydrogen-bond acceptors (Lipinski definition) is 4. The Morgan fingerprint density at radius 2 is 2.05 bits per heavy atom. The number of likely N-dealkylation sites (tertiary alicyclic amines) is 1. The molecule has 0 aromatic rings. The second-order valence-electron chi connectivity index (χ2n) is 6.84. The van der Waals surface area contributed by atoms with Crippen molar-refractivity contribution in [1.82, 2.24) is 9.80 Å². The zero-order valence-corrected chi connectivity index (χ0v) is 13.5. The maximum absolute atomic E-state index is 12.4. The molecule has 2 aliphatic rings. The van der Waals surface area contributed by atoms with Gasteiger partial charge in [-0.3, -0.25) is 9.69 Å². The minimum Gasteiger partial charge on any atom is -0.375 e. The molecule has 2 heterocycles. The van der Waals surface area contributed by atoms with Crippen LogP contribution >= 0.6 is 0 Å². The number of rotatable bonds is 3. The highest BCUT2D eigenvalue weighted by atomic mass is 16.5. The van der Waals surface area contributed by atoms with Gasteiger partial charge in [0.25, 0.3) is 0 Å². The number of nitrogens with zero attached hydrogens (tertiary/aromatic N) is 3. The van der Waals surface area contributed by atoms with E-state index >= 15 is 0 Å². The van der Waals surface area contributed by atoms with Gasteiger partial charge in [0.05, 0.1) is 30.6 Å². The van der Waals surface area contributed by atoms with Gasteiger partial charge in [-0.05, 0) is 33.6 Å². The molecule has 5 nitrogen and oxygen atoms in total. The third kappa shape index (κ3) is 4.18. The standard InChI is InChI=1S/C16H27N3O2/c1-13(2)19-8-9-21-14(11-19)10-15(20)18-6-4-16(3,12-17)5-7-18/h13-14H,4-11H2,1-3H3. The summed E-state index contributed by atoms with van der Waals surface area (Å²) in [6.45, 7) is 10.2. The predicted molar refractivity (Wildman–Crippen MR) is 80.6 cm³/mol. The van der Waals surface area contributed by atoms with Crippen LogP contribution < -0.4 is 0 Å². The molecule has 21 heavy (non-hydrogen) atoms. The van der Waals surface area contributed by atoms with E-state index in [9.17, 15) is 4.79 Å². The maximum Gasteiger partial charge on any atom is 0.225 e. The first-order valence-corrected chi connectivity index (χ1v) is 7.98. The predicted octanol–water partition coefficient (Wildman–Crippen LogP) is 1.64. The van der Waals surface area contributed by atoms with E-state index in [0.29, 0.717) is 32.2 Å². The van der Waals surface area contributed by atoms with Gasteiger partial charge in [0, 0.05) is 32.2 Å². The van der Waals surface area contributed by atoms with Gasteiger partial charge in [-0.1, -0.05) is 0 Å². The van der Waals surface area contributed by atoms with Crippen LogP contribution in [0.3, 0.4) is 0 Å². The highest BCUT2D eigenvalue weighted by molar-refractivity contribution is 5.76. The molecule has 0 aromatic carbocycles. The number of carbonyl (C=O) groups is 1. The molecule has 1 atom stereocenters. The summed E-state index contributed by atoms with van der Waals surface area (Å²) in [5, 5.41) is 9.14. The Balaban J connectivity index is 1.81. The number of hydrogen-bond donors (Lipinski definition) is 0. The van der Waals surface area contributed by atoms with Crippen molar-refractivity contribution in [2.24, 2.45) is 5.41 Å². The molecule has 0 N–H and O–H groups in total. The summed E-state index contributed by atoms with van der Waals surface area (Å²) in [7, 11) is 0. The Bertz CT molecular complexity index is 408. The van der Waals surface area contributed by atoms with Gasteiger partial charge in [-0.15, -0.1) is 0 Å². The summed E-state index contributed by atoms with van der Waals surface area (Å²) < 4.78 is 5.74. The number of nitriles is 1. The highest BCUT2D eigenvalue weighted by Crippen LogP contribution is 2.30. The van der Waals surface area contributed by atoms with Gasteiger partial charge in [0.1, 0.15) is 0 Å². The summed E-state index contributed by atoms with van der Waals surface area (Å²) in [6.07, 6.45) is 2.03. The minimum absolute atomic E-state index is 0.0120. The lowest BCUT2D eigenvalue weighted by molar-refractivity contribution is -0.138. The van der Waals surface area contributed by atoms with Gasteiger partial charge in [0.2, 0.25) is 5.91 Å². The minimum atomic E-state index is -0.257. The SMILES string of the molecule is CC(C)N1CCOC(CC(=O)N2CCC(C)(C#N)CC2)C1. The molecular formula is C16H27N3O2. The third-order valence-electron chi connectivity index (χ3n) is 4.79. The first kappa shape index (κ1) is 16.3. The smallest absolute Gasteiger partial charge is 0.225 e.